The maximum atomic E-state index is 12.5. The van der Waals surface area contributed by atoms with Crippen molar-refractivity contribution in [3.8, 4) is 11.5 Å². The number of thiophene rings is 1. The van der Waals surface area contributed by atoms with E-state index in [1.807, 2.05) is 36.0 Å². The van der Waals surface area contributed by atoms with E-state index in [1.165, 1.54) is 6.26 Å². The summed E-state index contributed by atoms with van der Waals surface area (Å²) in [6.07, 6.45) is 1.54. The second-order valence-corrected chi connectivity index (χ2v) is 6.99. The van der Waals surface area contributed by atoms with Crippen LogP contribution in [0.15, 0.2) is 56.3 Å². The van der Waals surface area contributed by atoms with Crippen LogP contribution in [0.5, 0.6) is 0 Å². The maximum Gasteiger partial charge on any atom is 0.273 e. The number of aromatic nitrogens is 3. The standard InChI is InChI=1S/C19H18N4O3S/c1-12-8-13(2)23(21-12)16(14-5-7-27-11-14)10-20-19(24)15-9-18(26-22-15)17-4-3-6-25-17/h3-9,11,16H,10H2,1-2H3,(H,20,24). The summed E-state index contributed by atoms with van der Waals surface area (Å²) >= 11 is 1.62. The third-order valence-corrected chi connectivity index (χ3v) is 4.93. The van der Waals surface area contributed by atoms with Gasteiger partial charge in [0.25, 0.3) is 5.91 Å². The molecule has 0 aliphatic heterocycles. The predicted octanol–water partition coefficient (Wildman–Crippen LogP) is 3.83. The lowest BCUT2D eigenvalue weighted by atomic mass is 10.1. The minimum absolute atomic E-state index is 0.0923. The molecule has 8 heteroatoms. The van der Waals surface area contributed by atoms with Gasteiger partial charge in [-0.25, -0.2) is 0 Å². The van der Waals surface area contributed by atoms with Crippen molar-refractivity contribution in [1.82, 2.24) is 20.3 Å². The Hall–Kier alpha value is -3.13. The van der Waals surface area contributed by atoms with Crippen LogP contribution in [0.25, 0.3) is 11.5 Å². The molecule has 138 valence electrons. The molecule has 0 bridgehead atoms. The molecule has 7 nitrogen and oxygen atoms in total. The van der Waals surface area contributed by atoms with Crippen molar-refractivity contribution >= 4 is 17.2 Å². The van der Waals surface area contributed by atoms with E-state index in [0.717, 1.165) is 17.0 Å². The summed E-state index contributed by atoms with van der Waals surface area (Å²) < 4.78 is 12.4. The topological polar surface area (TPSA) is 86.1 Å². The Kier molecular flexibility index (Phi) is 4.64. The zero-order valence-electron chi connectivity index (χ0n) is 14.9. The van der Waals surface area contributed by atoms with Crippen molar-refractivity contribution in [2.45, 2.75) is 19.9 Å². The molecular formula is C19H18N4O3S. The van der Waals surface area contributed by atoms with Crippen molar-refractivity contribution < 1.29 is 13.7 Å². The summed E-state index contributed by atoms with van der Waals surface area (Å²) in [5, 5.41) is 15.4. The monoisotopic (exact) mass is 382 g/mol. The van der Waals surface area contributed by atoms with Gasteiger partial charge in [-0.15, -0.1) is 0 Å². The highest BCUT2D eigenvalue weighted by molar-refractivity contribution is 7.08. The molecule has 0 aromatic carbocycles. The van der Waals surface area contributed by atoms with E-state index < -0.39 is 0 Å². The fourth-order valence-electron chi connectivity index (χ4n) is 2.97. The molecule has 1 amide bonds. The van der Waals surface area contributed by atoms with Gasteiger partial charge in [0, 0.05) is 18.3 Å². The highest BCUT2D eigenvalue weighted by Crippen LogP contribution is 2.23. The van der Waals surface area contributed by atoms with Crippen LogP contribution in [0, 0.1) is 13.8 Å². The molecule has 4 heterocycles. The van der Waals surface area contributed by atoms with Gasteiger partial charge in [0.05, 0.1) is 18.0 Å². The van der Waals surface area contributed by atoms with Crippen LogP contribution in [0.4, 0.5) is 0 Å². The van der Waals surface area contributed by atoms with Crippen LogP contribution in [0.2, 0.25) is 0 Å². The van der Waals surface area contributed by atoms with Gasteiger partial charge in [-0.05, 0) is 54.4 Å². The van der Waals surface area contributed by atoms with Crippen molar-refractivity contribution in [3.05, 3.63) is 70.0 Å². The Bertz CT molecular complexity index is 1030. The summed E-state index contributed by atoms with van der Waals surface area (Å²) in [4.78, 5) is 12.5. The lowest BCUT2D eigenvalue weighted by Crippen LogP contribution is -2.32. The number of hydrogen-bond donors (Lipinski definition) is 1. The SMILES string of the molecule is Cc1cc(C)n(C(CNC(=O)c2cc(-c3ccco3)on2)c2ccsc2)n1. The maximum absolute atomic E-state index is 12.5. The Morgan fingerprint density at radius 3 is 2.85 bits per heavy atom. The van der Waals surface area contributed by atoms with Gasteiger partial charge in [0.1, 0.15) is 0 Å². The first kappa shape index (κ1) is 17.3. The molecule has 0 saturated heterocycles. The van der Waals surface area contributed by atoms with Crippen LogP contribution < -0.4 is 5.32 Å². The smallest absolute Gasteiger partial charge is 0.273 e. The lowest BCUT2D eigenvalue weighted by molar-refractivity contribution is 0.0940. The van der Waals surface area contributed by atoms with Crippen molar-refractivity contribution in [2.24, 2.45) is 0 Å². The molecule has 1 unspecified atom stereocenters. The second-order valence-electron chi connectivity index (χ2n) is 6.21. The van der Waals surface area contributed by atoms with Gasteiger partial charge in [-0.2, -0.15) is 16.4 Å². The number of carbonyl (C=O) groups is 1. The first-order valence-electron chi connectivity index (χ1n) is 8.45. The normalized spacial score (nSPS) is 12.2. The van der Waals surface area contributed by atoms with Crippen molar-refractivity contribution in [1.29, 1.82) is 0 Å². The zero-order chi connectivity index (χ0) is 18.8. The Balaban J connectivity index is 1.51. The molecule has 1 atom stereocenters. The molecule has 0 fully saturated rings. The third-order valence-electron chi connectivity index (χ3n) is 4.23. The van der Waals surface area contributed by atoms with Crippen LogP contribution in [-0.4, -0.2) is 27.4 Å². The van der Waals surface area contributed by atoms with E-state index in [4.69, 9.17) is 8.94 Å². The highest BCUT2D eigenvalue weighted by Gasteiger charge is 2.21. The van der Waals surface area contributed by atoms with Gasteiger partial charge in [-0.1, -0.05) is 5.16 Å². The molecule has 4 rings (SSSR count). The quantitative estimate of drug-likeness (QED) is 0.548. The lowest BCUT2D eigenvalue weighted by Gasteiger charge is -2.19. The summed E-state index contributed by atoms with van der Waals surface area (Å²) in [6, 6.07) is 9.04. The number of amides is 1. The number of nitrogens with one attached hydrogen (secondary N) is 1. The molecule has 27 heavy (non-hydrogen) atoms. The first-order chi connectivity index (χ1) is 13.1. The minimum atomic E-state index is -0.307. The largest absolute Gasteiger partial charge is 0.461 e. The molecule has 0 radical (unpaired) electrons. The minimum Gasteiger partial charge on any atom is -0.461 e. The van der Waals surface area contributed by atoms with Gasteiger partial charge in [0.2, 0.25) is 5.76 Å². The highest BCUT2D eigenvalue weighted by atomic mass is 32.1. The Morgan fingerprint density at radius 1 is 1.30 bits per heavy atom. The fourth-order valence-corrected chi connectivity index (χ4v) is 3.68. The summed E-state index contributed by atoms with van der Waals surface area (Å²) in [5.74, 6) is 0.636. The average Bonchev–Trinajstić information content (AvgIpc) is 3.44. The Labute approximate surface area is 159 Å². The van der Waals surface area contributed by atoms with Crippen LogP contribution in [0.1, 0.15) is 33.5 Å². The molecule has 0 aliphatic carbocycles. The molecular weight excluding hydrogens is 364 g/mol. The van der Waals surface area contributed by atoms with E-state index >= 15 is 0 Å². The fraction of sp³-hybridized carbons (Fsp3) is 0.211. The zero-order valence-corrected chi connectivity index (χ0v) is 15.7. The summed E-state index contributed by atoms with van der Waals surface area (Å²) in [7, 11) is 0. The van der Waals surface area contributed by atoms with Gasteiger partial charge >= 0.3 is 0 Å². The predicted molar refractivity (Wildman–Crippen MR) is 101 cm³/mol. The van der Waals surface area contributed by atoms with Gasteiger partial charge < -0.3 is 14.3 Å². The molecule has 1 N–H and O–H groups in total. The average molecular weight is 382 g/mol. The Morgan fingerprint density at radius 2 is 2.19 bits per heavy atom. The molecule has 0 aliphatic rings. The third kappa shape index (κ3) is 3.56. The number of rotatable bonds is 6. The molecule has 0 spiro atoms. The molecule has 4 aromatic heterocycles. The summed E-state index contributed by atoms with van der Waals surface area (Å²) in [5.41, 5.74) is 3.29. The number of carbonyl (C=O) groups excluding carboxylic acids is 1. The number of hydrogen-bond acceptors (Lipinski definition) is 6. The van der Waals surface area contributed by atoms with Crippen LogP contribution >= 0.6 is 11.3 Å². The van der Waals surface area contributed by atoms with Crippen molar-refractivity contribution in [2.75, 3.05) is 6.54 Å². The van der Waals surface area contributed by atoms with E-state index in [0.29, 0.717) is 18.1 Å². The summed E-state index contributed by atoms with van der Waals surface area (Å²) in [6.45, 7) is 4.35. The first-order valence-corrected chi connectivity index (χ1v) is 9.40. The van der Waals surface area contributed by atoms with Gasteiger partial charge in [-0.3, -0.25) is 9.48 Å². The van der Waals surface area contributed by atoms with E-state index in [1.54, 1.807) is 29.5 Å². The number of aryl methyl sites for hydroxylation is 2. The van der Waals surface area contributed by atoms with Crippen molar-refractivity contribution in [3.63, 3.8) is 0 Å². The number of nitrogens with zero attached hydrogens (tertiary/aromatic N) is 3. The second kappa shape index (κ2) is 7.24. The van der Waals surface area contributed by atoms with E-state index in [9.17, 15) is 4.79 Å². The number of furan rings is 1. The molecule has 4 aromatic rings. The van der Waals surface area contributed by atoms with E-state index in [-0.39, 0.29) is 17.6 Å². The van der Waals surface area contributed by atoms with Gasteiger partial charge in [0.15, 0.2) is 11.5 Å². The molecule has 0 saturated carbocycles. The van der Waals surface area contributed by atoms with E-state index in [2.05, 4.69) is 21.0 Å². The van der Waals surface area contributed by atoms with Crippen LogP contribution in [-0.2, 0) is 0 Å². The van der Waals surface area contributed by atoms with Crippen LogP contribution in [0.3, 0.4) is 0 Å².